The van der Waals surface area contributed by atoms with Gasteiger partial charge in [0.1, 0.15) is 11.6 Å². The number of ketones is 2. The van der Waals surface area contributed by atoms with Gasteiger partial charge >= 0.3 is 0 Å². The molecule has 1 aromatic rings. The Hall–Kier alpha value is -0.400. The fourth-order valence-electron chi connectivity index (χ4n) is 2.69. The molecule has 0 unspecified atom stereocenters. The highest BCUT2D eigenvalue weighted by Gasteiger charge is 2.27. The molecule has 7 heteroatoms. The van der Waals surface area contributed by atoms with E-state index in [1.807, 2.05) is 0 Å². The third kappa shape index (κ3) is 4.07. The summed E-state index contributed by atoms with van der Waals surface area (Å²) in [5.74, 6) is 0.691. The number of thioether (sulfide) groups is 2. The van der Waals surface area contributed by atoms with Crippen LogP contribution in [0.5, 0.6) is 0 Å². The fourth-order valence-corrected chi connectivity index (χ4v) is 6.44. The highest BCUT2D eigenvalue weighted by atomic mass is 32.2. The summed E-state index contributed by atoms with van der Waals surface area (Å²) in [5.41, 5.74) is 0. The molecule has 0 bridgehead atoms. The summed E-state index contributed by atoms with van der Waals surface area (Å²) < 4.78 is 1.72. The van der Waals surface area contributed by atoms with Crippen LogP contribution >= 0.6 is 34.9 Å². The van der Waals surface area contributed by atoms with Crippen molar-refractivity contribution in [2.45, 2.75) is 70.5 Å². The molecule has 0 aromatic carbocycles. The van der Waals surface area contributed by atoms with E-state index in [9.17, 15) is 9.59 Å². The molecular formula is C14H18N2O2S3. The quantitative estimate of drug-likeness (QED) is 0.830. The number of hydrogen-bond donors (Lipinski definition) is 0. The first-order valence-electron chi connectivity index (χ1n) is 7.44. The maximum Gasteiger partial charge on any atom is 0.175 e. The Labute approximate surface area is 136 Å². The minimum absolute atomic E-state index is 0.0564. The van der Waals surface area contributed by atoms with Crippen LogP contribution in [0.4, 0.5) is 0 Å². The normalized spacial score (nSPS) is 27.0. The molecule has 0 N–H and O–H groups in total. The van der Waals surface area contributed by atoms with E-state index < -0.39 is 0 Å². The molecule has 1 aromatic heterocycles. The first-order chi connectivity index (χ1) is 10.2. The van der Waals surface area contributed by atoms with Gasteiger partial charge in [-0.2, -0.15) is 0 Å². The number of carbonyl (C=O) groups is 2. The lowest BCUT2D eigenvalue weighted by atomic mass is 9.99. The zero-order chi connectivity index (χ0) is 14.7. The highest BCUT2D eigenvalue weighted by Crippen LogP contribution is 2.38. The smallest absolute Gasteiger partial charge is 0.175 e. The SMILES string of the molecule is O=C1CCCC[C@@H]1Sc1nnc(S[C@@H]2CCCCC2=O)s1. The molecule has 3 rings (SSSR count). The van der Waals surface area contributed by atoms with Crippen LogP contribution in [-0.4, -0.2) is 32.3 Å². The maximum atomic E-state index is 11.9. The number of Topliss-reactive ketones (excluding diaryl/α,β-unsaturated/α-hetero) is 2. The largest absolute Gasteiger partial charge is 0.298 e. The van der Waals surface area contributed by atoms with E-state index in [0.29, 0.717) is 24.4 Å². The number of aromatic nitrogens is 2. The van der Waals surface area contributed by atoms with Crippen LogP contribution in [0.25, 0.3) is 0 Å². The van der Waals surface area contributed by atoms with Gasteiger partial charge in [0.15, 0.2) is 8.68 Å². The molecule has 2 saturated carbocycles. The summed E-state index contributed by atoms with van der Waals surface area (Å²) in [6.07, 6.45) is 7.61. The summed E-state index contributed by atoms with van der Waals surface area (Å²) in [6.45, 7) is 0. The second kappa shape index (κ2) is 7.24. The van der Waals surface area contributed by atoms with Crippen LogP contribution in [0.15, 0.2) is 8.68 Å². The van der Waals surface area contributed by atoms with Crippen LogP contribution in [0.3, 0.4) is 0 Å². The lowest BCUT2D eigenvalue weighted by Gasteiger charge is -2.18. The Morgan fingerprint density at radius 3 is 1.71 bits per heavy atom. The van der Waals surface area contributed by atoms with E-state index in [4.69, 9.17) is 0 Å². The van der Waals surface area contributed by atoms with E-state index in [0.717, 1.165) is 47.2 Å². The Bertz CT molecular complexity index is 488. The lowest BCUT2D eigenvalue weighted by Crippen LogP contribution is -2.21. The summed E-state index contributed by atoms with van der Waals surface area (Å²) in [6, 6.07) is 0. The zero-order valence-electron chi connectivity index (χ0n) is 11.7. The van der Waals surface area contributed by atoms with Crippen LogP contribution in [0.2, 0.25) is 0 Å². The van der Waals surface area contributed by atoms with Crippen molar-refractivity contribution in [3.8, 4) is 0 Å². The topological polar surface area (TPSA) is 59.9 Å². The molecule has 2 aliphatic carbocycles. The van der Waals surface area contributed by atoms with Crippen molar-refractivity contribution >= 4 is 46.4 Å². The van der Waals surface area contributed by atoms with Crippen molar-refractivity contribution in [3.63, 3.8) is 0 Å². The van der Waals surface area contributed by atoms with E-state index in [-0.39, 0.29) is 10.5 Å². The molecule has 2 atom stereocenters. The second-order valence-corrected chi connectivity index (χ2v) is 9.35. The molecular weight excluding hydrogens is 324 g/mol. The zero-order valence-corrected chi connectivity index (χ0v) is 14.2. The molecule has 0 spiro atoms. The third-order valence-electron chi connectivity index (χ3n) is 3.87. The van der Waals surface area contributed by atoms with Gasteiger partial charge in [-0.1, -0.05) is 47.7 Å². The van der Waals surface area contributed by atoms with Crippen LogP contribution < -0.4 is 0 Å². The Morgan fingerprint density at radius 1 is 0.810 bits per heavy atom. The third-order valence-corrected chi connectivity index (χ3v) is 7.59. The lowest BCUT2D eigenvalue weighted by molar-refractivity contribution is -0.120. The van der Waals surface area contributed by atoms with E-state index >= 15 is 0 Å². The van der Waals surface area contributed by atoms with Crippen LogP contribution in [0, 0.1) is 0 Å². The molecule has 21 heavy (non-hydrogen) atoms. The molecule has 0 aliphatic heterocycles. The van der Waals surface area contributed by atoms with Gasteiger partial charge < -0.3 is 0 Å². The number of hydrogen-bond acceptors (Lipinski definition) is 7. The fraction of sp³-hybridized carbons (Fsp3) is 0.714. The Morgan fingerprint density at radius 2 is 1.29 bits per heavy atom. The second-order valence-electron chi connectivity index (χ2n) is 5.47. The van der Waals surface area contributed by atoms with Crippen molar-refractivity contribution < 1.29 is 9.59 Å². The van der Waals surface area contributed by atoms with Crippen molar-refractivity contribution in [1.29, 1.82) is 0 Å². The van der Waals surface area contributed by atoms with Gasteiger partial charge in [0.05, 0.1) is 10.5 Å². The molecule has 0 saturated heterocycles. The first-order valence-corrected chi connectivity index (χ1v) is 10.0. The summed E-state index contributed by atoms with van der Waals surface area (Å²) >= 11 is 4.63. The van der Waals surface area contributed by atoms with Crippen molar-refractivity contribution in [2.75, 3.05) is 0 Å². The maximum absolute atomic E-state index is 11.9. The Kier molecular flexibility index (Phi) is 5.34. The van der Waals surface area contributed by atoms with Gasteiger partial charge in [-0.25, -0.2) is 0 Å². The van der Waals surface area contributed by atoms with E-state index in [1.165, 1.54) is 11.3 Å². The molecule has 0 radical (unpaired) electrons. The van der Waals surface area contributed by atoms with E-state index in [2.05, 4.69) is 10.2 Å². The molecule has 114 valence electrons. The van der Waals surface area contributed by atoms with Crippen molar-refractivity contribution in [1.82, 2.24) is 10.2 Å². The summed E-state index contributed by atoms with van der Waals surface area (Å²) in [5, 5.41) is 8.48. The molecule has 1 heterocycles. The van der Waals surface area contributed by atoms with Crippen LogP contribution in [0.1, 0.15) is 51.4 Å². The predicted molar refractivity (Wildman–Crippen MR) is 86.1 cm³/mol. The number of rotatable bonds is 4. The van der Waals surface area contributed by atoms with Gasteiger partial charge in [-0.05, 0) is 25.7 Å². The van der Waals surface area contributed by atoms with Gasteiger partial charge in [0.25, 0.3) is 0 Å². The van der Waals surface area contributed by atoms with Gasteiger partial charge in [-0.15, -0.1) is 10.2 Å². The molecule has 4 nitrogen and oxygen atoms in total. The average Bonchev–Trinajstić information content (AvgIpc) is 2.91. The summed E-state index contributed by atoms with van der Waals surface area (Å²) in [7, 11) is 0. The minimum atomic E-state index is 0.0564. The Balaban J connectivity index is 1.58. The monoisotopic (exact) mass is 342 g/mol. The predicted octanol–water partition coefficient (Wildman–Crippen LogP) is 3.75. The van der Waals surface area contributed by atoms with Gasteiger partial charge in [-0.3, -0.25) is 9.59 Å². The highest BCUT2D eigenvalue weighted by molar-refractivity contribution is 8.04. The number of carbonyl (C=O) groups excluding carboxylic acids is 2. The van der Waals surface area contributed by atoms with Crippen molar-refractivity contribution in [3.05, 3.63) is 0 Å². The van der Waals surface area contributed by atoms with Crippen LogP contribution in [-0.2, 0) is 9.59 Å². The molecule has 2 fully saturated rings. The molecule has 2 aliphatic rings. The van der Waals surface area contributed by atoms with E-state index in [1.54, 1.807) is 23.5 Å². The number of nitrogens with zero attached hydrogens (tertiary/aromatic N) is 2. The van der Waals surface area contributed by atoms with Gasteiger partial charge in [0.2, 0.25) is 0 Å². The standard InChI is InChI=1S/C14H18N2O2S3/c17-9-5-1-3-7-11(9)19-13-15-16-14(21-13)20-12-8-4-2-6-10(12)18/h11-12H,1-8H2/t11-,12+. The minimum Gasteiger partial charge on any atom is -0.298 e. The molecule has 0 amide bonds. The van der Waals surface area contributed by atoms with Gasteiger partial charge in [0, 0.05) is 12.8 Å². The average molecular weight is 343 g/mol. The summed E-state index contributed by atoms with van der Waals surface area (Å²) in [4.78, 5) is 23.7. The van der Waals surface area contributed by atoms with Crippen molar-refractivity contribution in [2.24, 2.45) is 0 Å². The first kappa shape index (κ1) is 15.5.